The van der Waals surface area contributed by atoms with Gasteiger partial charge in [-0.25, -0.2) is 9.59 Å². The average Bonchev–Trinajstić information content (AvgIpc) is 2.72. The first-order chi connectivity index (χ1) is 16.2. The van der Waals surface area contributed by atoms with Gasteiger partial charge in [0.15, 0.2) is 11.5 Å². The normalized spacial score (nSPS) is 12.1. The minimum atomic E-state index is -4.71. The van der Waals surface area contributed by atoms with Crippen LogP contribution in [-0.4, -0.2) is 97.9 Å². The van der Waals surface area contributed by atoms with Crippen molar-refractivity contribution >= 4 is 22.3 Å². The van der Waals surface area contributed by atoms with E-state index in [4.69, 9.17) is 17.8 Å². The number of carbonyl (C=O) groups is 2. The molecule has 0 saturated carbocycles. The Morgan fingerprint density at radius 3 is 1.34 bits per heavy atom. The van der Waals surface area contributed by atoms with Crippen LogP contribution in [0.4, 0.5) is 0 Å². The fourth-order valence-corrected chi connectivity index (χ4v) is 3.40. The number of para-hydroxylation sites is 2. The van der Waals surface area contributed by atoms with E-state index in [9.17, 15) is 18.0 Å². The van der Waals surface area contributed by atoms with E-state index in [1.165, 1.54) is 36.4 Å². The maximum Gasteiger partial charge on any atom is 0.501 e. The second kappa shape index (κ2) is 11.5. The van der Waals surface area contributed by atoms with Gasteiger partial charge in [-0.1, -0.05) is 24.3 Å². The zero-order valence-electron chi connectivity index (χ0n) is 21.0. The molecule has 192 valence electrons. The first kappa shape index (κ1) is 28.1. The van der Waals surface area contributed by atoms with Crippen LogP contribution in [0.1, 0.15) is 20.7 Å². The predicted octanol–water partition coefficient (Wildman–Crippen LogP) is 2.12. The molecule has 2 aromatic carbocycles. The largest absolute Gasteiger partial charge is 0.501 e. The van der Waals surface area contributed by atoms with Crippen molar-refractivity contribution in [2.45, 2.75) is 0 Å². The highest BCUT2D eigenvalue weighted by Crippen LogP contribution is 2.25. The molecule has 0 spiro atoms. The maximum atomic E-state index is 12.7. The fraction of sp³-hybridized carbons (Fsp3) is 0.417. The van der Waals surface area contributed by atoms with Gasteiger partial charge in [0, 0.05) is 0 Å². The number of rotatable bonds is 12. The van der Waals surface area contributed by atoms with Gasteiger partial charge in [0.25, 0.3) is 0 Å². The zero-order chi connectivity index (χ0) is 26.3. The number of quaternary nitrogens is 2. The van der Waals surface area contributed by atoms with Crippen molar-refractivity contribution in [3.8, 4) is 11.5 Å². The summed E-state index contributed by atoms with van der Waals surface area (Å²) >= 11 is 0. The Labute approximate surface area is 207 Å². The standard InChI is InChI=1S/C24H34N2O8S/c1-25(2,3)15-17-31-23(27)19-11-7-9-13-21(19)33-35(29,30)34-22-14-10-8-12-20(22)24(28)32-18-16-26(4,5)6/h7-14H,15-18H2,1-6H3/q+2. The molecule has 0 aromatic heterocycles. The van der Waals surface area contributed by atoms with Crippen LogP contribution in [0.2, 0.25) is 0 Å². The van der Waals surface area contributed by atoms with Crippen LogP contribution in [0, 0.1) is 0 Å². The third-order valence-electron chi connectivity index (χ3n) is 4.59. The van der Waals surface area contributed by atoms with Crippen molar-refractivity contribution in [3.63, 3.8) is 0 Å². The van der Waals surface area contributed by atoms with Crippen LogP contribution in [0.25, 0.3) is 0 Å². The Hall–Kier alpha value is -3.15. The summed E-state index contributed by atoms with van der Waals surface area (Å²) in [4.78, 5) is 25.0. The van der Waals surface area contributed by atoms with Crippen LogP contribution in [0.15, 0.2) is 48.5 Å². The smallest absolute Gasteiger partial charge is 0.456 e. The van der Waals surface area contributed by atoms with Gasteiger partial charge in [-0.3, -0.25) is 0 Å². The molecule has 0 atom stereocenters. The van der Waals surface area contributed by atoms with Crippen molar-refractivity contribution in [1.82, 2.24) is 0 Å². The fourth-order valence-electron chi connectivity index (χ4n) is 2.63. The van der Waals surface area contributed by atoms with Crippen LogP contribution in [0.5, 0.6) is 11.5 Å². The SMILES string of the molecule is C[N+](C)(C)CCOC(=O)c1ccccc1OS(=O)(=O)Oc1ccccc1C(=O)OCC[N+](C)(C)C. The molecule has 10 nitrogen and oxygen atoms in total. The van der Waals surface area contributed by atoms with E-state index in [2.05, 4.69) is 0 Å². The Morgan fingerprint density at radius 1 is 0.657 bits per heavy atom. The van der Waals surface area contributed by atoms with Crippen molar-refractivity contribution in [2.24, 2.45) is 0 Å². The molecule has 0 unspecified atom stereocenters. The molecule has 0 aliphatic heterocycles. The molecule has 0 fully saturated rings. The molecular formula is C24H34N2O8S+2. The summed E-state index contributed by atoms with van der Waals surface area (Å²) in [5, 5.41) is 0. The minimum absolute atomic E-state index is 0.0749. The monoisotopic (exact) mass is 510 g/mol. The highest BCUT2D eigenvalue weighted by molar-refractivity contribution is 7.82. The maximum absolute atomic E-state index is 12.7. The molecule has 0 amide bonds. The summed E-state index contributed by atoms with van der Waals surface area (Å²) < 4.78 is 47.1. The molecule has 35 heavy (non-hydrogen) atoms. The van der Waals surface area contributed by atoms with Crippen molar-refractivity contribution in [2.75, 3.05) is 68.6 Å². The first-order valence-electron chi connectivity index (χ1n) is 10.9. The molecular weight excluding hydrogens is 476 g/mol. The van der Waals surface area contributed by atoms with Gasteiger partial charge in [0.2, 0.25) is 0 Å². The lowest BCUT2D eigenvalue weighted by molar-refractivity contribution is -0.870. The van der Waals surface area contributed by atoms with Gasteiger partial charge in [0.05, 0.1) is 42.3 Å². The third-order valence-corrected chi connectivity index (χ3v) is 5.36. The molecule has 0 heterocycles. The van der Waals surface area contributed by atoms with E-state index in [-0.39, 0.29) is 35.8 Å². The lowest BCUT2D eigenvalue weighted by Gasteiger charge is -2.23. The molecule has 2 aromatic rings. The lowest BCUT2D eigenvalue weighted by atomic mass is 10.2. The van der Waals surface area contributed by atoms with Gasteiger partial charge < -0.3 is 26.8 Å². The van der Waals surface area contributed by atoms with Crippen LogP contribution in [0.3, 0.4) is 0 Å². The number of esters is 2. The highest BCUT2D eigenvalue weighted by Gasteiger charge is 2.25. The number of likely N-dealkylation sites (N-methyl/N-ethyl adjacent to an activating group) is 2. The number of hydrogen-bond acceptors (Lipinski definition) is 8. The Balaban J connectivity index is 2.13. The van der Waals surface area contributed by atoms with Crippen molar-refractivity contribution in [1.29, 1.82) is 0 Å². The third kappa shape index (κ3) is 9.93. The van der Waals surface area contributed by atoms with E-state index in [0.29, 0.717) is 22.1 Å². The second-order valence-corrected chi connectivity index (χ2v) is 11.0. The molecule has 2 rings (SSSR count). The molecule has 0 saturated heterocycles. The van der Waals surface area contributed by atoms with Crippen molar-refractivity contribution in [3.05, 3.63) is 59.7 Å². The van der Waals surface area contributed by atoms with E-state index in [0.717, 1.165) is 0 Å². The Kier molecular flexibility index (Phi) is 9.24. The van der Waals surface area contributed by atoms with Gasteiger partial charge in [-0.05, 0) is 24.3 Å². The summed E-state index contributed by atoms with van der Waals surface area (Å²) in [5.41, 5.74) is -0.150. The molecule has 0 bridgehead atoms. The number of benzene rings is 2. The van der Waals surface area contributed by atoms with E-state index < -0.39 is 22.3 Å². The highest BCUT2D eigenvalue weighted by atomic mass is 32.3. The predicted molar refractivity (Wildman–Crippen MR) is 129 cm³/mol. The number of ether oxygens (including phenoxy) is 2. The van der Waals surface area contributed by atoms with Crippen LogP contribution >= 0.6 is 0 Å². The molecule has 0 N–H and O–H groups in total. The van der Waals surface area contributed by atoms with E-state index >= 15 is 0 Å². The summed E-state index contributed by atoms with van der Waals surface area (Å²) in [6.07, 6.45) is 0. The summed E-state index contributed by atoms with van der Waals surface area (Å²) in [5.74, 6) is -1.98. The topological polar surface area (TPSA) is 105 Å². The summed E-state index contributed by atoms with van der Waals surface area (Å²) in [6.45, 7) is 1.42. The Morgan fingerprint density at radius 2 is 1.00 bits per heavy atom. The van der Waals surface area contributed by atoms with Gasteiger partial charge in [-0.15, -0.1) is 8.42 Å². The molecule has 0 aliphatic carbocycles. The van der Waals surface area contributed by atoms with E-state index in [1.54, 1.807) is 12.1 Å². The van der Waals surface area contributed by atoms with E-state index in [1.807, 2.05) is 42.3 Å². The van der Waals surface area contributed by atoms with Crippen LogP contribution < -0.4 is 8.37 Å². The minimum Gasteiger partial charge on any atom is -0.456 e. The second-order valence-electron chi connectivity index (χ2n) is 9.87. The van der Waals surface area contributed by atoms with Gasteiger partial charge in [0.1, 0.15) is 37.4 Å². The number of hydrogen-bond donors (Lipinski definition) is 0. The number of carbonyl (C=O) groups excluding carboxylic acids is 2. The molecule has 11 heteroatoms. The average molecular weight is 511 g/mol. The van der Waals surface area contributed by atoms with Gasteiger partial charge >= 0.3 is 22.3 Å². The first-order valence-corrected chi connectivity index (χ1v) is 12.3. The zero-order valence-corrected chi connectivity index (χ0v) is 21.8. The Bertz CT molecular complexity index is 1050. The molecule has 0 aliphatic rings. The summed E-state index contributed by atoms with van der Waals surface area (Å²) in [6, 6.07) is 11.5. The molecule has 0 radical (unpaired) electrons. The number of nitrogens with zero attached hydrogens (tertiary/aromatic N) is 2. The lowest BCUT2D eigenvalue weighted by Crippen LogP contribution is -2.38. The summed E-state index contributed by atoms with van der Waals surface area (Å²) in [7, 11) is 6.99. The van der Waals surface area contributed by atoms with Crippen LogP contribution in [-0.2, 0) is 19.9 Å². The quantitative estimate of drug-likeness (QED) is 0.316. The van der Waals surface area contributed by atoms with Gasteiger partial charge in [-0.2, -0.15) is 0 Å². The van der Waals surface area contributed by atoms with Crippen molar-refractivity contribution < 1.29 is 44.8 Å².